The molecular formula is C11H12ClN3. The van der Waals surface area contributed by atoms with Crippen molar-refractivity contribution in [2.24, 2.45) is 0 Å². The van der Waals surface area contributed by atoms with Crippen LogP contribution in [0.25, 0.3) is 5.82 Å². The molecule has 0 aliphatic rings. The number of hydrogen-bond acceptors (Lipinski definition) is 2. The van der Waals surface area contributed by atoms with Gasteiger partial charge in [0.05, 0.1) is 5.88 Å². The van der Waals surface area contributed by atoms with Crippen LogP contribution in [0.3, 0.4) is 0 Å². The molecule has 0 bridgehead atoms. The third-order valence-electron chi connectivity index (χ3n) is 2.27. The Balaban J connectivity index is 2.53. The van der Waals surface area contributed by atoms with Crippen LogP contribution in [0.1, 0.15) is 18.3 Å². The van der Waals surface area contributed by atoms with Gasteiger partial charge in [0, 0.05) is 30.6 Å². The zero-order valence-electron chi connectivity index (χ0n) is 8.52. The van der Waals surface area contributed by atoms with Crippen molar-refractivity contribution in [3.63, 3.8) is 0 Å². The van der Waals surface area contributed by atoms with E-state index in [1.54, 1.807) is 12.4 Å². The summed E-state index contributed by atoms with van der Waals surface area (Å²) in [5.41, 5.74) is 1.02. The van der Waals surface area contributed by atoms with Crippen LogP contribution in [0.5, 0.6) is 0 Å². The zero-order chi connectivity index (χ0) is 10.7. The van der Waals surface area contributed by atoms with E-state index in [1.807, 2.05) is 22.9 Å². The minimum Gasteiger partial charge on any atom is -0.288 e. The Morgan fingerprint density at radius 3 is 2.93 bits per heavy atom. The summed E-state index contributed by atoms with van der Waals surface area (Å²) in [6.45, 7) is 2.07. The molecule has 2 aromatic heterocycles. The molecule has 0 radical (unpaired) electrons. The van der Waals surface area contributed by atoms with Crippen LogP contribution in [-0.2, 0) is 12.3 Å². The molecule has 2 rings (SSSR count). The molecule has 4 heteroatoms. The molecule has 2 aromatic rings. The normalized spacial score (nSPS) is 10.5. The molecule has 0 fully saturated rings. The van der Waals surface area contributed by atoms with E-state index in [0.717, 1.165) is 23.6 Å². The van der Waals surface area contributed by atoms with E-state index in [-0.39, 0.29) is 0 Å². The Labute approximate surface area is 93.7 Å². The lowest BCUT2D eigenvalue weighted by Gasteiger charge is -2.08. The number of aromatic nitrogens is 3. The standard InChI is InChI=1S/C11H12ClN3/c1-2-10-13-6-7-15(10)11-9(8-12)4-3-5-14-11/h3-7H,2,8H2,1H3. The number of rotatable bonds is 3. The quantitative estimate of drug-likeness (QED) is 0.746. The minimum atomic E-state index is 0.463. The Bertz CT molecular complexity index is 451. The smallest absolute Gasteiger partial charge is 0.142 e. The van der Waals surface area contributed by atoms with Crippen LogP contribution < -0.4 is 0 Å². The van der Waals surface area contributed by atoms with Crippen LogP contribution in [0.2, 0.25) is 0 Å². The maximum Gasteiger partial charge on any atom is 0.142 e. The highest BCUT2D eigenvalue weighted by molar-refractivity contribution is 6.17. The van der Waals surface area contributed by atoms with E-state index in [0.29, 0.717) is 5.88 Å². The maximum absolute atomic E-state index is 5.87. The fourth-order valence-electron chi connectivity index (χ4n) is 1.54. The predicted octanol–water partition coefficient (Wildman–Crippen LogP) is 2.57. The van der Waals surface area contributed by atoms with Crippen molar-refractivity contribution >= 4 is 11.6 Å². The number of alkyl halides is 1. The fraction of sp³-hybridized carbons (Fsp3) is 0.273. The van der Waals surface area contributed by atoms with E-state index in [9.17, 15) is 0 Å². The summed E-state index contributed by atoms with van der Waals surface area (Å²) >= 11 is 5.87. The number of nitrogens with zero attached hydrogens (tertiary/aromatic N) is 3. The average molecular weight is 222 g/mol. The first kappa shape index (κ1) is 10.2. The molecule has 0 saturated carbocycles. The molecule has 0 amide bonds. The van der Waals surface area contributed by atoms with E-state index < -0.39 is 0 Å². The van der Waals surface area contributed by atoms with Gasteiger partial charge in [-0.05, 0) is 6.07 Å². The van der Waals surface area contributed by atoms with Gasteiger partial charge in [0.15, 0.2) is 0 Å². The van der Waals surface area contributed by atoms with Gasteiger partial charge >= 0.3 is 0 Å². The number of imidazole rings is 1. The summed E-state index contributed by atoms with van der Waals surface area (Å²) < 4.78 is 1.98. The lowest BCUT2D eigenvalue weighted by atomic mass is 10.3. The highest BCUT2D eigenvalue weighted by Crippen LogP contribution is 2.15. The van der Waals surface area contributed by atoms with Gasteiger partial charge in [-0.25, -0.2) is 9.97 Å². The number of pyridine rings is 1. The molecule has 78 valence electrons. The van der Waals surface area contributed by atoms with Gasteiger partial charge in [0.2, 0.25) is 0 Å². The minimum absolute atomic E-state index is 0.463. The predicted molar refractivity (Wildman–Crippen MR) is 60.3 cm³/mol. The monoisotopic (exact) mass is 221 g/mol. The summed E-state index contributed by atoms with van der Waals surface area (Å²) in [6, 6.07) is 3.87. The highest BCUT2D eigenvalue weighted by Gasteiger charge is 2.07. The Morgan fingerprint density at radius 2 is 2.20 bits per heavy atom. The summed E-state index contributed by atoms with van der Waals surface area (Å²) in [5.74, 6) is 2.34. The van der Waals surface area contributed by atoms with E-state index in [4.69, 9.17) is 11.6 Å². The van der Waals surface area contributed by atoms with Gasteiger partial charge in [0.25, 0.3) is 0 Å². The third kappa shape index (κ3) is 1.88. The number of hydrogen-bond donors (Lipinski definition) is 0. The van der Waals surface area contributed by atoms with Gasteiger partial charge in [-0.15, -0.1) is 11.6 Å². The second-order valence-electron chi connectivity index (χ2n) is 3.19. The van der Waals surface area contributed by atoms with Crippen molar-refractivity contribution < 1.29 is 0 Å². The largest absolute Gasteiger partial charge is 0.288 e. The lowest BCUT2D eigenvalue weighted by molar-refractivity contribution is 0.859. The molecule has 0 atom stereocenters. The molecule has 0 saturated heterocycles. The first-order chi connectivity index (χ1) is 7.36. The van der Waals surface area contributed by atoms with Crippen LogP contribution in [0.4, 0.5) is 0 Å². The molecule has 0 unspecified atom stereocenters. The van der Waals surface area contributed by atoms with Gasteiger partial charge in [-0.2, -0.15) is 0 Å². The molecule has 3 nitrogen and oxygen atoms in total. The number of aryl methyl sites for hydroxylation is 1. The summed E-state index contributed by atoms with van der Waals surface area (Å²) in [4.78, 5) is 8.61. The summed E-state index contributed by atoms with van der Waals surface area (Å²) in [6.07, 6.45) is 6.35. The van der Waals surface area contributed by atoms with E-state index in [2.05, 4.69) is 16.9 Å². The summed E-state index contributed by atoms with van der Waals surface area (Å²) in [7, 11) is 0. The molecular weight excluding hydrogens is 210 g/mol. The van der Waals surface area contributed by atoms with E-state index >= 15 is 0 Å². The number of halogens is 1. The first-order valence-electron chi connectivity index (χ1n) is 4.89. The van der Waals surface area contributed by atoms with Gasteiger partial charge < -0.3 is 0 Å². The van der Waals surface area contributed by atoms with Crippen molar-refractivity contribution in [1.29, 1.82) is 0 Å². The first-order valence-corrected chi connectivity index (χ1v) is 5.42. The van der Waals surface area contributed by atoms with Crippen molar-refractivity contribution in [2.75, 3.05) is 0 Å². The highest BCUT2D eigenvalue weighted by atomic mass is 35.5. The van der Waals surface area contributed by atoms with Gasteiger partial charge in [-0.3, -0.25) is 4.57 Å². The Hall–Kier alpha value is -1.35. The van der Waals surface area contributed by atoms with Crippen LogP contribution in [-0.4, -0.2) is 14.5 Å². The molecule has 0 aliphatic carbocycles. The summed E-state index contributed by atoms with van der Waals surface area (Å²) in [5, 5.41) is 0. The van der Waals surface area contributed by atoms with Gasteiger partial charge in [-0.1, -0.05) is 13.0 Å². The molecule has 0 aliphatic heterocycles. The Morgan fingerprint density at radius 1 is 1.33 bits per heavy atom. The van der Waals surface area contributed by atoms with Crippen molar-refractivity contribution in [3.05, 3.63) is 42.1 Å². The van der Waals surface area contributed by atoms with Crippen LogP contribution >= 0.6 is 11.6 Å². The third-order valence-corrected chi connectivity index (χ3v) is 2.56. The lowest BCUT2D eigenvalue weighted by Crippen LogP contribution is -2.04. The zero-order valence-corrected chi connectivity index (χ0v) is 9.28. The topological polar surface area (TPSA) is 30.7 Å². The van der Waals surface area contributed by atoms with Gasteiger partial charge in [0.1, 0.15) is 11.6 Å². The van der Waals surface area contributed by atoms with Crippen molar-refractivity contribution in [2.45, 2.75) is 19.2 Å². The van der Waals surface area contributed by atoms with Crippen LogP contribution in [0, 0.1) is 0 Å². The van der Waals surface area contributed by atoms with Crippen molar-refractivity contribution in [1.82, 2.24) is 14.5 Å². The van der Waals surface area contributed by atoms with Crippen molar-refractivity contribution in [3.8, 4) is 5.82 Å². The maximum atomic E-state index is 5.87. The second kappa shape index (κ2) is 4.45. The fourth-order valence-corrected chi connectivity index (χ4v) is 1.75. The van der Waals surface area contributed by atoms with E-state index in [1.165, 1.54) is 0 Å². The molecule has 0 aromatic carbocycles. The molecule has 2 heterocycles. The van der Waals surface area contributed by atoms with Crippen LogP contribution in [0.15, 0.2) is 30.7 Å². The molecule has 0 N–H and O–H groups in total. The average Bonchev–Trinajstić information content (AvgIpc) is 2.76. The molecule has 0 spiro atoms. The second-order valence-corrected chi connectivity index (χ2v) is 3.45. The SMILES string of the molecule is CCc1nccn1-c1ncccc1CCl. The Kier molecular flexibility index (Phi) is 3.02. The molecule has 15 heavy (non-hydrogen) atoms.